The van der Waals surface area contributed by atoms with Crippen LogP contribution in [0.15, 0.2) is 22.7 Å². The van der Waals surface area contributed by atoms with Gasteiger partial charge >= 0.3 is 0 Å². The van der Waals surface area contributed by atoms with Crippen molar-refractivity contribution in [3.8, 4) is 0 Å². The third-order valence-corrected chi connectivity index (χ3v) is 2.56. The highest BCUT2D eigenvalue weighted by atomic mass is 79.9. The lowest BCUT2D eigenvalue weighted by atomic mass is 9.87. The quantitative estimate of drug-likeness (QED) is 0.637. The van der Waals surface area contributed by atoms with Crippen molar-refractivity contribution < 1.29 is 0 Å². The maximum atomic E-state index is 6.06. The summed E-state index contributed by atoms with van der Waals surface area (Å²) in [6, 6.07) is 5.95. The van der Waals surface area contributed by atoms with Gasteiger partial charge in [0.05, 0.1) is 0 Å². The van der Waals surface area contributed by atoms with Crippen LogP contribution < -0.4 is 0 Å². The first-order valence-electron chi connectivity index (χ1n) is 3.87. The van der Waals surface area contributed by atoms with Crippen molar-refractivity contribution >= 4 is 27.5 Å². The Morgan fingerprint density at radius 3 is 2.25 bits per heavy atom. The topological polar surface area (TPSA) is 0 Å². The maximum Gasteiger partial charge on any atom is 0.0444 e. The van der Waals surface area contributed by atoms with Gasteiger partial charge in [-0.2, -0.15) is 0 Å². The van der Waals surface area contributed by atoms with Crippen LogP contribution in [0.3, 0.4) is 0 Å². The van der Waals surface area contributed by atoms with Crippen molar-refractivity contribution in [1.82, 2.24) is 0 Å². The molecule has 0 bridgehead atoms. The maximum absolute atomic E-state index is 6.06. The molecule has 0 heterocycles. The molecule has 0 aliphatic carbocycles. The minimum atomic E-state index is 0.112. The van der Waals surface area contributed by atoms with E-state index in [1.807, 2.05) is 12.1 Å². The second kappa shape index (κ2) is 3.39. The Morgan fingerprint density at radius 2 is 1.83 bits per heavy atom. The van der Waals surface area contributed by atoms with Gasteiger partial charge in [0, 0.05) is 9.50 Å². The summed E-state index contributed by atoms with van der Waals surface area (Å²) in [5.74, 6) is 0. The van der Waals surface area contributed by atoms with Crippen molar-refractivity contribution in [3.05, 3.63) is 33.3 Å². The van der Waals surface area contributed by atoms with Crippen molar-refractivity contribution in [3.63, 3.8) is 0 Å². The van der Waals surface area contributed by atoms with Crippen molar-refractivity contribution in [2.24, 2.45) is 0 Å². The van der Waals surface area contributed by atoms with E-state index >= 15 is 0 Å². The van der Waals surface area contributed by atoms with Gasteiger partial charge in [0.1, 0.15) is 0 Å². The Kier molecular flexibility index (Phi) is 2.84. The molecule has 0 aliphatic heterocycles. The molecule has 0 aromatic heterocycles. The van der Waals surface area contributed by atoms with Gasteiger partial charge in [-0.25, -0.2) is 0 Å². The van der Waals surface area contributed by atoms with Gasteiger partial charge in [-0.15, -0.1) is 0 Å². The Hall–Kier alpha value is -0.0100. The predicted molar refractivity (Wildman–Crippen MR) is 57.9 cm³/mol. The van der Waals surface area contributed by atoms with E-state index in [2.05, 4.69) is 42.8 Å². The standard InChI is InChI=1S/C10H12BrCl/c1-10(2,3)8-6-7(11)4-5-9(8)12/h4-6H,1-3H3. The summed E-state index contributed by atoms with van der Waals surface area (Å²) in [5.41, 5.74) is 1.29. The van der Waals surface area contributed by atoms with E-state index in [0.717, 1.165) is 9.50 Å². The van der Waals surface area contributed by atoms with Gasteiger partial charge in [0.25, 0.3) is 0 Å². The summed E-state index contributed by atoms with van der Waals surface area (Å²) < 4.78 is 1.08. The molecule has 2 heteroatoms. The number of hydrogen-bond donors (Lipinski definition) is 0. The van der Waals surface area contributed by atoms with Crippen LogP contribution in [-0.4, -0.2) is 0 Å². The van der Waals surface area contributed by atoms with Gasteiger partial charge in [0.2, 0.25) is 0 Å². The SMILES string of the molecule is CC(C)(C)c1cc(Br)ccc1Cl. The molecule has 1 rings (SSSR count). The normalized spacial score (nSPS) is 11.8. The lowest BCUT2D eigenvalue weighted by Crippen LogP contribution is -2.11. The number of hydrogen-bond acceptors (Lipinski definition) is 0. The highest BCUT2D eigenvalue weighted by Gasteiger charge is 2.16. The second-order valence-electron chi connectivity index (χ2n) is 3.87. The molecule has 0 unspecified atom stereocenters. The summed E-state index contributed by atoms with van der Waals surface area (Å²) in [4.78, 5) is 0. The molecule has 1 aromatic rings. The molecular weight excluding hydrogens is 235 g/mol. The van der Waals surface area contributed by atoms with E-state index < -0.39 is 0 Å². The summed E-state index contributed by atoms with van der Waals surface area (Å²) in [7, 11) is 0. The predicted octanol–water partition coefficient (Wildman–Crippen LogP) is 4.40. The van der Waals surface area contributed by atoms with Crippen LogP contribution in [0.4, 0.5) is 0 Å². The van der Waals surface area contributed by atoms with Crippen LogP contribution >= 0.6 is 27.5 Å². The fourth-order valence-corrected chi connectivity index (χ4v) is 1.83. The molecule has 1 aromatic carbocycles. The molecule has 0 radical (unpaired) electrons. The lowest BCUT2D eigenvalue weighted by molar-refractivity contribution is 0.590. The number of benzene rings is 1. The van der Waals surface area contributed by atoms with Crippen molar-refractivity contribution in [2.45, 2.75) is 26.2 Å². The molecule has 0 aliphatic rings. The zero-order valence-electron chi connectivity index (χ0n) is 7.49. The van der Waals surface area contributed by atoms with Gasteiger partial charge in [0.15, 0.2) is 0 Å². The molecule has 0 saturated heterocycles. The van der Waals surface area contributed by atoms with Crippen LogP contribution in [0.2, 0.25) is 5.02 Å². The molecule has 66 valence electrons. The van der Waals surface area contributed by atoms with Crippen LogP contribution in [-0.2, 0) is 5.41 Å². The van der Waals surface area contributed by atoms with Crippen LogP contribution in [0.25, 0.3) is 0 Å². The Bertz CT molecular complexity index is 286. The highest BCUT2D eigenvalue weighted by Crippen LogP contribution is 2.31. The fraction of sp³-hybridized carbons (Fsp3) is 0.400. The Labute approximate surface area is 87.1 Å². The third kappa shape index (κ3) is 2.24. The van der Waals surface area contributed by atoms with E-state index in [-0.39, 0.29) is 5.41 Å². The lowest BCUT2D eigenvalue weighted by Gasteiger charge is -2.20. The first-order chi connectivity index (χ1) is 5.41. The minimum absolute atomic E-state index is 0.112. The fourth-order valence-electron chi connectivity index (χ4n) is 1.07. The Morgan fingerprint density at radius 1 is 1.25 bits per heavy atom. The van der Waals surface area contributed by atoms with Crippen LogP contribution in [0.1, 0.15) is 26.3 Å². The first-order valence-corrected chi connectivity index (χ1v) is 5.04. The molecule has 0 nitrogen and oxygen atoms in total. The van der Waals surface area contributed by atoms with Crippen molar-refractivity contribution in [2.75, 3.05) is 0 Å². The molecule has 0 spiro atoms. The van der Waals surface area contributed by atoms with E-state index in [1.165, 1.54) is 5.56 Å². The van der Waals surface area contributed by atoms with Crippen LogP contribution in [0, 0.1) is 0 Å². The zero-order chi connectivity index (χ0) is 9.35. The third-order valence-electron chi connectivity index (χ3n) is 1.74. The summed E-state index contributed by atoms with van der Waals surface area (Å²) in [5, 5.41) is 0.839. The van der Waals surface area contributed by atoms with Gasteiger partial charge < -0.3 is 0 Å². The van der Waals surface area contributed by atoms with Gasteiger partial charge in [-0.05, 0) is 29.2 Å². The largest absolute Gasteiger partial charge is 0.0840 e. The number of rotatable bonds is 0. The molecule has 0 saturated carbocycles. The van der Waals surface area contributed by atoms with E-state index in [4.69, 9.17) is 11.6 Å². The minimum Gasteiger partial charge on any atom is -0.0840 e. The average molecular weight is 248 g/mol. The highest BCUT2D eigenvalue weighted by molar-refractivity contribution is 9.10. The molecule has 0 fully saturated rings. The zero-order valence-corrected chi connectivity index (χ0v) is 9.83. The smallest absolute Gasteiger partial charge is 0.0444 e. The van der Waals surface area contributed by atoms with E-state index in [0.29, 0.717) is 0 Å². The molecule has 0 amide bonds. The van der Waals surface area contributed by atoms with Gasteiger partial charge in [-0.3, -0.25) is 0 Å². The summed E-state index contributed by atoms with van der Waals surface area (Å²) in [6.45, 7) is 6.46. The first kappa shape index (κ1) is 10.1. The van der Waals surface area contributed by atoms with E-state index in [9.17, 15) is 0 Å². The van der Waals surface area contributed by atoms with Crippen LogP contribution in [0.5, 0.6) is 0 Å². The molecular formula is C10H12BrCl. The molecule has 0 N–H and O–H groups in total. The molecule has 12 heavy (non-hydrogen) atoms. The van der Waals surface area contributed by atoms with Crippen molar-refractivity contribution in [1.29, 1.82) is 0 Å². The summed E-state index contributed by atoms with van der Waals surface area (Å²) >= 11 is 9.49. The Balaban J connectivity index is 3.23. The van der Waals surface area contributed by atoms with Gasteiger partial charge in [-0.1, -0.05) is 48.3 Å². The second-order valence-corrected chi connectivity index (χ2v) is 5.20. The number of halogens is 2. The average Bonchev–Trinajstić information content (AvgIpc) is 1.92. The molecule has 0 atom stereocenters. The summed E-state index contributed by atoms with van der Waals surface area (Å²) in [6.07, 6.45) is 0. The monoisotopic (exact) mass is 246 g/mol. The van der Waals surface area contributed by atoms with E-state index in [1.54, 1.807) is 0 Å².